The fourth-order valence-corrected chi connectivity index (χ4v) is 1.51. The largest absolute Gasteiger partial charge is 0.491 e. The third-order valence-corrected chi connectivity index (χ3v) is 2.46. The summed E-state index contributed by atoms with van der Waals surface area (Å²) < 4.78 is 10.9. The van der Waals surface area contributed by atoms with Gasteiger partial charge in [0.1, 0.15) is 5.75 Å². The van der Waals surface area contributed by atoms with E-state index >= 15 is 0 Å². The van der Waals surface area contributed by atoms with Gasteiger partial charge in [-0.15, -0.1) is 0 Å². The van der Waals surface area contributed by atoms with Gasteiger partial charge in [0.25, 0.3) is 0 Å². The maximum atomic E-state index is 5.76. The minimum absolute atomic E-state index is 0.434. The fraction of sp³-hybridized carbons (Fsp3) is 0.538. The molecule has 0 bridgehead atoms. The van der Waals surface area contributed by atoms with Crippen molar-refractivity contribution in [3.05, 3.63) is 24.3 Å². The van der Waals surface area contributed by atoms with Crippen LogP contribution in [-0.4, -0.2) is 25.9 Å². The highest BCUT2D eigenvalue weighted by molar-refractivity contribution is 5.57. The van der Waals surface area contributed by atoms with Crippen LogP contribution in [0.5, 0.6) is 5.75 Å². The van der Waals surface area contributed by atoms with Crippen LogP contribution in [0, 0.1) is 5.92 Å². The normalized spacial score (nSPS) is 15.9. The number of ether oxygens (including phenoxy) is 2. The molecule has 0 unspecified atom stereocenters. The molecule has 0 saturated carbocycles. The number of hydrogen-bond acceptors (Lipinski definition) is 3. The van der Waals surface area contributed by atoms with Crippen LogP contribution in [0.4, 0.5) is 5.69 Å². The maximum Gasteiger partial charge on any atom is 0.142 e. The molecule has 3 nitrogen and oxygen atoms in total. The summed E-state index contributed by atoms with van der Waals surface area (Å²) in [7, 11) is 0. The van der Waals surface area contributed by atoms with Crippen molar-refractivity contribution in [2.45, 2.75) is 19.9 Å². The van der Waals surface area contributed by atoms with Crippen LogP contribution in [0.2, 0.25) is 0 Å². The van der Waals surface area contributed by atoms with Gasteiger partial charge >= 0.3 is 0 Å². The van der Waals surface area contributed by atoms with Gasteiger partial charge in [0, 0.05) is 0 Å². The zero-order valence-corrected chi connectivity index (χ0v) is 9.90. The first-order valence-corrected chi connectivity index (χ1v) is 5.82. The van der Waals surface area contributed by atoms with E-state index < -0.39 is 0 Å². The SMILES string of the molecule is CC(C)COc1ccccc1NC1COC1. The first-order valence-electron chi connectivity index (χ1n) is 5.82. The molecule has 1 aromatic carbocycles. The van der Waals surface area contributed by atoms with E-state index in [0.29, 0.717) is 12.0 Å². The lowest BCUT2D eigenvalue weighted by atomic mass is 10.2. The summed E-state index contributed by atoms with van der Waals surface area (Å²) >= 11 is 0. The number of nitrogens with one attached hydrogen (secondary N) is 1. The molecule has 0 atom stereocenters. The monoisotopic (exact) mass is 221 g/mol. The van der Waals surface area contributed by atoms with Crippen LogP contribution in [-0.2, 0) is 4.74 Å². The second kappa shape index (κ2) is 5.21. The molecule has 1 aliphatic heterocycles. The van der Waals surface area contributed by atoms with E-state index in [2.05, 4.69) is 19.2 Å². The van der Waals surface area contributed by atoms with E-state index in [9.17, 15) is 0 Å². The van der Waals surface area contributed by atoms with Gasteiger partial charge in [0.05, 0.1) is 31.5 Å². The first kappa shape index (κ1) is 11.3. The number of hydrogen-bond donors (Lipinski definition) is 1. The van der Waals surface area contributed by atoms with Crippen molar-refractivity contribution in [2.75, 3.05) is 25.1 Å². The molecule has 1 saturated heterocycles. The third-order valence-electron chi connectivity index (χ3n) is 2.46. The predicted octanol–water partition coefficient (Wildman–Crippen LogP) is 2.53. The van der Waals surface area contributed by atoms with Gasteiger partial charge in [-0.3, -0.25) is 0 Å². The van der Waals surface area contributed by atoms with E-state index in [-0.39, 0.29) is 0 Å². The van der Waals surface area contributed by atoms with Crippen molar-refractivity contribution in [2.24, 2.45) is 5.92 Å². The van der Waals surface area contributed by atoms with Crippen LogP contribution in [0.1, 0.15) is 13.8 Å². The Kier molecular flexibility index (Phi) is 3.67. The Morgan fingerprint density at radius 2 is 2.12 bits per heavy atom. The average molecular weight is 221 g/mol. The molecule has 1 fully saturated rings. The highest BCUT2D eigenvalue weighted by atomic mass is 16.5. The van der Waals surface area contributed by atoms with Gasteiger partial charge in [-0.25, -0.2) is 0 Å². The molecule has 3 heteroatoms. The molecule has 0 amide bonds. The van der Waals surface area contributed by atoms with Crippen LogP contribution >= 0.6 is 0 Å². The standard InChI is InChI=1S/C13H19NO2/c1-10(2)7-16-13-6-4-3-5-12(13)14-11-8-15-9-11/h3-6,10-11,14H,7-9H2,1-2H3. The predicted molar refractivity (Wildman–Crippen MR) is 65.0 cm³/mol. The minimum Gasteiger partial charge on any atom is -0.491 e. The highest BCUT2D eigenvalue weighted by Gasteiger charge is 2.19. The molecular formula is C13H19NO2. The number of para-hydroxylation sites is 2. The lowest BCUT2D eigenvalue weighted by Gasteiger charge is -2.28. The molecule has 88 valence electrons. The number of rotatable bonds is 5. The van der Waals surface area contributed by atoms with Gasteiger partial charge in [-0.1, -0.05) is 26.0 Å². The molecule has 16 heavy (non-hydrogen) atoms. The van der Waals surface area contributed by atoms with Gasteiger partial charge in [0.2, 0.25) is 0 Å². The number of benzene rings is 1. The van der Waals surface area contributed by atoms with E-state index in [4.69, 9.17) is 9.47 Å². The molecule has 0 spiro atoms. The molecule has 0 aliphatic carbocycles. The van der Waals surface area contributed by atoms with Crippen LogP contribution < -0.4 is 10.1 Å². The lowest BCUT2D eigenvalue weighted by molar-refractivity contribution is 0.0210. The summed E-state index contributed by atoms with van der Waals surface area (Å²) in [6.07, 6.45) is 0. The molecule has 1 N–H and O–H groups in total. The third kappa shape index (κ3) is 2.89. The Bertz CT molecular complexity index is 334. The number of anilines is 1. The van der Waals surface area contributed by atoms with Gasteiger partial charge in [-0.2, -0.15) is 0 Å². The second-order valence-corrected chi connectivity index (χ2v) is 4.58. The van der Waals surface area contributed by atoms with E-state index in [0.717, 1.165) is 31.3 Å². The van der Waals surface area contributed by atoms with Crippen molar-refractivity contribution in [1.82, 2.24) is 0 Å². The van der Waals surface area contributed by atoms with Gasteiger partial charge in [0.15, 0.2) is 0 Å². The topological polar surface area (TPSA) is 30.5 Å². The second-order valence-electron chi connectivity index (χ2n) is 4.58. The summed E-state index contributed by atoms with van der Waals surface area (Å²) in [6.45, 7) is 6.63. The summed E-state index contributed by atoms with van der Waals surface area (Å²) in [5.74, 6) is 1.48. The molecule has 1 aromatic rings. The Hall–Kier alpha value is -1.22. The molecule has 1 heterocycles. The van der Waals surface area contributed by atoms with Gasteiger partial charge in [-0.05, 0) is 18.1 Å². The first-order chi connectivity index (χ1) is 7.75. The average Bonchev–Trinajstić information content (AvgIpc) is 2.22. The Morgan fingerprint density at radius 3 is 2.75 bits per heavy atom. The van der Waals surface area contributed by atoms with Crippen LogP contribution in [0.25, 0.3) is 0 Å². The summed E-state index contributed by atoms with van der Waals surface area (Å²) in [5, 5.41) is 3.42. The fourth-order valence-electron chi connectivity index (χ4n) is 1.51. The van der Waals surface area contributed by atoms with E-state index in [1.54, 1.807) is 0 Å². The Balaban J connectivity index is 1.98. The summed E-state index contributed by atoms with van der Waals surface area (Å²) in [5.41, 5.74) is 1.07. The zero-order valence-electron chi connectivity index (χ0n) is 9.90. The lowest BCUT2D eigenvalue weighted by Crippen LogP contribution is -2.40. The van der Waals surface area contributed by atoms with Crippen molar-refractivity contribution in [3.63, 3.8) is 0 Å². The highest BCUT2D eigenvalue weighted by Crippen LogP contribution is 2.26. The molecule has 0 aromatic heterocycles. The zero-order chi connectivity index (χ0) is 11.4. The minimum atomic E-state index is 0.434. The molecule has 1 aliphatic rings. The maximum absolute atomic E-state index is 5.76. The van der Waals surface area contributed by atoms with E-state index in [1.807, 2.05) is 24.3 Å². The van der Waals surface area contributed by atoms with Crippen molar-refractivity contribution in [1.29, 1.82) is 0 Å². The summed E-state index contributed by atoms with van der Waals surface area (Å²) in [6, 6.07) is 8.50. The van der Waals surface area contributed by atoms with Gasteiger partial charge < -0.3 is 14.8 Å². The van der Waals surface area contributed by atoms with Crippen molar-refractivity contribution >= 4 is 5.69 Å². The van der Waals surface area contributed by atoms with Crippen LogP contribution in [0.15, 0.2) is 24.3 Å². The molecule has 0 radical (unpaired) electrons. The molecule has 2 rings (SSSR count). The molecular weight excluding hydrogens is 202 g/mol. The Morgan fingerprint density at radius 1 is 1.38 bits per heavy atom. The smallest absolute Gasteiger partial charge is 0.142 e. The van der Waals surface area contributed by atoms with Crippen LogP contribution in [0.3, 0.4) is 0 Å². The summed E-state index contributed by atoms with van der Waals surface area (Å²) in [4.78, 5) is 0. The quantitative estimate of drug-likeness (QED) is 0.828. The Labute approximate surface area is 96.8 Å². The van der Waals surface area contributed by atoms with Crippen molar-refractivity contribution in [3.8, 4) is 5.75 Å². The van der Waals surface area contributed by atoms with E-state index in [1.165, 1.54) is 0 Å². The van der Waals surface area contributed by atoms with Crippen molar-refractivity contribution < 1.29 is 9.47 Å².